The van der Waals surface area contributed by atoms with Gasteiger partial charge in [0.25, 0.3) is 0 Å². The fourth-order valence-electron chi connectivity index (χ4n) is 3.10. The lowest BCUT2D eigenvalue weighted by atomic mass is 10.0. The van der Waals surface area contributed by atoms with E-state index in [-0.39, 0.29) is 12.7 Å². The lowest BCUT2D eigenvalue weighted by molar-refractivity contribution is 0.139. The largest absolute Gasteiger partial charge is 0.445 e. The Balaban J connectivity index is 1.81. The fraction of sp³-hybridized carbons (Fsp3) is 0.263. The molecule has 0 unspecified atom stereocenters. The Morgan fingerprint density at radius 1 is 1.20 bits per heavy atom. The minimum atomic E-state index is -0.384. The number of fused-ring (bicyclic) bond motifs is 4. The van der Waals surface area contributed by atoms with Crippen molar-refractivity contribution >= 4 is 22.7 Å². The Kier molecular flexibility index (Phi) is 4.01. The molecule has 0 saturated heterocycles. The molecule has 4 rings (SSSR count). The number of carbonyl (C=O) groups excluding carboxylic acids is 1. The van der Waals surface area contributed by atoms with E-state index in [0.717, 1.165) is 46.4 Å². The summed E-state index contributed by atoms with van der Waals surface area (Å²) < 4.78 is 5.29. The van der Waals surface area contributed by atoms with Crippen LogP contribution in [0.4, 0.5) is 10.5 Å². The first kappa shape index (κ1) is 15.5. The second-order valence-electron chi connectivity index (χ2n) is 6.28. The highest BCUT2D eigenvalue weighted by atomic mass is 16.5. The topological polar surface area (TPSA) is 70.2 Å². The molecule has 1 aliphatic rings. The smallest absolute Gasteiger partial charge is 0.407 e. The number of aromatic nitrogens is 2. The molecule has 0 spiro atoms. The van der Waals surface area contributed by atoms with E-state index in [1.54, 1.807) is 0 Å². The third-order valence-electron chi connectivity index (χ3n) is 4.50. The van der Waals surface area contributed by atoms with Crippen LogP contribution in [-0.4, -0.2) is 36.4 Å². The van der Waals surface area contributed by atoms with Gasteiger partial charge in [0.1, 0.15) is 6.61 Å². The second kappa shape index (κ2) is 6.47. The molecule has 2 heterocycles. The first-order valence-corrected chi connectivity index (χ1v) is 8.40. The molecule has 2 N–H and O–H groups in total. The first-order valence-electron chi connectivity index (χ1n) is 8.40. The summed E-state index contributed by atoms with van der Waals surface area (Å²) >= 11 is 0. The van der Waals surface area contributed by atoms with Crippen LogP contribution >= 0.6 is 0 Å². The number of nitrogens with zero attached hydrogens (tertiary/aromatic N) is 2. The average Bonchev–Trinajstić information content (AvgIpc) is 3.06. The minimum Gasteiger partial charge on any atom is -0.445 e. The first-order chi connectivity index (χ1) is 12.2. The Labute approximate surface area is 145 Å². The van der Waals surface area contributed by atoms with Gasteiger partial charge in [-0.1, -0.05) is 18.2 Å². The molecule has 3 aromatic rings. The molecule has 1 aliphatic heterocycles. The number of carbonyl (C=O) groups is 1. The van der Waals surface area contributed by atoms with E-state index < -0.39 is 0 Å². The van der Waals surface area contributed by atoms with Crippen LogP contribution in [0.5, 0.6) is 0 Å². The highest BCUT2D eigenvalue weighted by Crippen LogP contribution is 2.30. The van der Waals surface area contributed by atoms with E-state index in [2.05, 4.69) is 45.7 Å². The lowest BCUT2D eigenvalue weighted by Gasteiger charge is -2.19. The number of cyclic esters (lactones) is 1. The summed E-state index contributed by atoms with van der Waals surface area (Å²) in [5.41, 5.74) is 4.99. The van der Waals surface area contributed by atoms with Gasteiger partial charge in [-0.05, 0) is 36.2 Å². The Bertz CT molecular complexity index is 919. The highest BCUT2D eigenvalue weighted by Gasteiger charge is 2.12. The van der Waals surface area contributed by atoms with Gasteiger partial charge in [0.05, 0.1) is 11.2 Å². The number of ether oxygens (including phenoxy) is 1. The van der Waals surface area contributed by atoms with Gasteiger partial charge in [-0.2, -0.15) is 5.10 Å². The molecule has 0 atom stereocenters. The highest BCUT2D eigenvalue weighted by molar-refractivity contribution is 5.95. The maximum absolute atomic E-state index is 11.8. The number of hydrogen-bond acceptors (Lipinski definition) is 4. The van der Waals surface area contributed by atoms with Crippen LogP contribution in [0.1, 0.15) is 12.0 Å². The van der Waals surface area contributed by atoms with Crippen LogP contribution in [-0.2, 0) is 11.3 Å². The molecular formula is C19H20N4O2. The van der Waals surface area contributed by atoms with Crippen LogP contribution < -0.4 is 10.2 Å². The minimum absolute atomic E-state index is 0.243. The van der Waals surface area contributed by atoms with E-state index in [9.17, 15) is 4.79 Å². The summed E-state index contributed by atoms with van der Waals surface area (Å²) in [6.45, 7) is 1.67. The van der Waals surface area contributed by atoms with Gasteiger partial charge in [-0.3, -0.25) is 5.10 Å². The van der Waals surface area contributed by atoms with Gasteiger partial charge in [0.15, 0.2) is 0 Å². The van der Waals surface area contributed by atoms with Gasteiger partial charge in [0, 0.05) is 36.8 Å². The molecule has 0 saturated carbocycles. The zero-order valence-corrected chi connectivity index (χ0v) is 14.1. The molecule has 0 fully saturated rings. The number of rotatable bonds is 0. The third-order valence-corrected chi connectivity index (χ3v) is 4.50. The monoisotopic (exact) mass is 336 g/mol. The average molecular weight is 336 g/mol. The second-order valence-corrected chi connectivity index (χ2v) is 6.28. The van der Waals surface area contributed by atoms with Gasteiger partial charge in [-0.25, -0.2) is 4.79 Å². The van der Waals surface area contributed by atoms with Crippen molar-refractivity contribution in [2.24, 2.45) is 0 Å². The summed E-state index contributed by atoms with van der Waals surface area (Å²) in [6, 6.07) is 14.2. The standard InChI is InChI=1S/C19H20N4O2/c1-23-9-3-8-20-19(24)25-12-13-4-2-5-14(10-13)18-16-11-15(23)6-7-17(16)21-22-18/h2,4-7,10-11H,3,8-9,12H2,1H3,(H,20,24)(H,21,22). The van der Waals surface area contributed by atoms with Gasteiger partial charge in [0.2, 0.25) is 0 Å². The molecule has 6 nitrogen and oxygen atoms in total. The van der Waals surface area contributed by atoms with E-state index >= 15 is 0 Å². The maximum atomic E-state index is 11.8. The normalized spacial score (nSPS) is 15.4. The van der Waals surface area contributed by atoms with Gasteiger partial charge in [-0.15, -0.1) is 0 Å². The molecule has 1 amide bonds. The number of nitrogens with one attached hydrogen (secondary N) is 2. The Morgan fingerprint density at radius 3 is 3.04 bits per heavy atom. The number of aromatic amines is 1. The van der Waals surface area contributed by atoms with Crippen LogP contribution in [0, 0.1) is 0 Å². The van der Waals surface area contributed by atoms with Crippen molar-refractivity contribution in [2.75, 3.05) is 25.0 Å². The van der Waals surface area contributed by atoms with Gasteiger partial charge >= 0.3 is 6.09 Å². The molecular weight excluding hydrogens is 316 g/mol. The quantitative estimate of drug-likeness (QED) is 0.661. The Morgan fingerprint density at radius 2 is 2.12 bits per heavy atom. The summed E-state index contributed by atoms with van der Waals surface area (Å²) in [5.74, 6) is 0. The van der Waals surface area contributed by atoms with Crippen molar-refractivity contribution in [3.05, 3.63) is 48.0 Å². The molecule has 0 radical (unpaired) electrons. The molecule has 25 heavy (non-hydrogen) atoms. The van der Waals surface area contributed by atoms with Crippen molar-refractivity contribution in [3.8, 4) is 11.3 Å². The van der Waals surface area contributed by atoms with Gasteiger partial charge < -0.3 is 15.0 Å². The summed E-state index contributed by atoms with van der Waals surface area (Å²) in [7, 11) is 2.05. The van der Waals surface area contributed by atoms with E-state index in [1.807, 2.05) is 24.3 Å². The van der Waals surface area contributed by atoms with E-state index in [1.165, 1.54) is 0 Å². The summed E-state index contributed by atoms with van der Waals surface area (Å²) in [4.78, 5) is 14.0. The number of hydrogen-bond donors (Lipinski definition) is 2. The van der Waals surface area contributed by atoms with Crippen LogP contribution in [0.3, 0.4) is 0 Å². The number of alkyl carbamates (subject to hydrolysis) is 1. The number of amides is 1. The third kappa shape index (κ3) is 3.15. The summed E-state index contributed by atoms with van der Waals surface area (Å²) in [5, 5.41) is 11.5. The summed E-state index contributed by atoms with van der Waals surface area (Å²) in [6.07, 6.45) is 0.459. The zero-order valence-electron chi connectivity index (χ0n) is 14.1. The molecule has 128 valence electrons. The molecule has 2 aromatic carbocycles. The predicted molar refractivity (Wildman–Crippen MR) is 97.6 cm³/mol. The molecule has 0 aliphatic carbocycles. The van der Waals surface area contributed by atoms with Crippen molar-refractivity contribution in [3.63, 3.8) is 0 Å². The SMILES string of the molecule is CN1CCCNC(=O)OCc2cccc(c2)-c2n[nH]c3ccc1cc23. The van der Waals surface area contributed by atoms with Crippen LogP contribution in [0.25, 0.3) is 22.2 Å². The fourth-order valence-corrected chi connectivity index (χ4v) is 3.10. The van der Waals surface area contributed by atoms with Crippen molar-refractivity contribution in [1.29, 1.82) is 0 Å². The van der Waals surface area contributed by atoms with Crippen LogP contribution in [0.15, 0.2) is 42.5 Å². The van der Waals surface area contributed by atoms with E-state index in [0.29, 0.717) is 6.54 Å². The van der Waals surface area contributed by atoms with E-state index in [4.69, 9.17) is 4.74 Å². The predicted octanol–water partition coefficient (Wildman–Crippen LogP) is 3.30. The molecule has 1 aromatic heterocycles. The van der Waals surface area contributed by atoms with Crippen molar-refractivity contribution in [1.82, 2.24) is 15.5 Å². The number of benzene rings is 2. The van der Waals surface area contributed by atoms with Crippen molar-refractivity contribution in [2.45, 2.75) is 13.0 Å². The number of H-pyrrole nitrogens is 1. The zero-order chi connectivity index (χ0) is 17.2. The van der Waals surface area contributed by atoms with Crippen molar-refractivity contribution < 1.29 is 9.53 Å². The maximum Gasteiger partial charge on any atom is 0.407 e. The molecule has 6 heteroatoms. The Hall–Kier alpha value is -3.02. The number of anilines is 1. The molecule has 4 bridgehead atoms. The lowest BCUT2D eigenvalue weighted by Crippen LogP contribution is -2.28. The van der Waals surface area contributed by atoms with Crippen LogP contribution in [0.2, 0.25) is 0 Å².